The zero-order valence-corrected chi connectivity index (χ0v) is 41.2. The fourth-order valence-corrected chi connectivity index (χ4v) is 13.1. The molecule has 0 atom stereocenters. The molecule has 1 saturated carbocycles. The van der Waals surface area contributed by atoms with Crippen LogP contribution in [0.1, 0.15) is 149 Å². The van der Waals surface area contributed by atoms with Gasteiger partial charge in [-0.1, -0.05) is 163 Å². The summed E-state index contributed by atoms with van der Waals surface area (Å²) in [4.78, 5) is 5.30. The average Bonchev–Trinajstić information content (AvgIpc) is 3.74. The molecule has 0 bridgehead atoms. The summed E-state index contributed by atoms with van der Waals surface area (Å²) in [5, 5.41) is 1.38. The van der Waals surface area contributed by atoms with Gasteiger partial charge in [-0.05, 0) is 145 Å². The van der Waals surface area contributed by atoms with Crippen LogP contribution in [-0.2, 0) is 27.1 Å². The molecule has 1 spiro atoms. The van der Waals surface area contributed by atoms with Gasteiger partial charge in [0.2, 0.25) is 0 Å². The van der Waals surface area contributed by atoms with E-state index >= 15 is 0 Å². The van der Waals surface area contributed by atoms with Crippen molar-refractivity contribution in [1.82, 2.24) is 0 Å². The largest absolute Gasteiger partial charge is 0.311 e. The number of benzene rings is 6. The molecule has 0 saturated heterocycles. The number of thiophene rings is 1. The van der Waals surface area contributed by atoms with Gasteiger partial charge in [-0.2, -0.15) is 0 Å². The molecule has 6 aromatic carbocycles. The minimum absolute atomic E-state index is 0.00553. The predicted molar refractivity (Wildman–Crippen MR) is 280 cm³/mol. The van der Waals surface area contributed by atoms with E-state index < -0.39 is 0 Å². The van der Waals surface area contributed by atoms with Gasteiger partial charge in [0.25, 0.3) is 6.71 Å². The Labute approximate surface area is 387 Å². The standard InChI is InChI=1S/C60H65BN2S/c1-56(2,3)37-20-25-41(26-21-37)62-49-29-24-39(58(7,8)9)32-48(49)61-53-50(62)33-40(59(10,11)12)34-51(53)63(42-27-22-38(23-28-42)57(4,5)6)54-45-35-44-43-18-14-15-19-46(43)60(30-16-13-17-31-60)47(44)36-52(45)64-55(54)61/h14-15,18-29,32-36H,13,16-17,30-31H2,1-12H3. The molecule has 64 heavy (non-hydrogen) atoms. The van der Waals surface area contributed by atoms with Crippen molar-refractivity contribution in [3.63, 3.8) is 0 Å². The van der Waals surface area contributed by atoms with Crippen LogP contribution >= 0.6 is 11.3 Å². The van der Waals surface area contributed by atoms with E-state index in [-0.39, 0.29) is 33.8 Å². The van der Waals surface area contributed by atoms with Crippen LogP contribution in [0.2, 0.25) is 0 Å². The van der Waals surface area contributed by atoms with Crippen molar-refractivity contribution in [3.05, 3.63) is 149 Å². The Morgan fingerprint density at radius 2 is 1.03 bits per heavy atom. The van der Waals surface area contributed by atoms with Crippen LogP contribution in [0.15, 0.2) is 115 Å². The Kier molecular flexibility index (Phi) is 9.09. The van der Waals surface area contributed by atoms with Gasteiger partial charge in [-0.25, -0.2) is 0 Å². The second-order valence-electron chi connectivity index (χ2n) is 23.8. The van der Waals surface area contributed by atoms with E-state index in [1.165, 1.54) is 125 Å². The zero-order valence-electron chi connectivity index (χ0n) is 40.4. The first-order chi connectivity index (χ1) is 30.2. The normalized spacial score (nSPS) is 16.5. The van der Waals surface area contributed by atoms with E-state index in [0.717, 1.165) is 0 Å². The molecule has 3 heterocycles. The van der Waals surface area contributed by atoms with Gasteiger partial charge in [0.1, 0.15) is 0 Å². The lowest BCUT2D eigenvalue weighted by Crippen LogP contribution is -2.60. The Hall–Kier alpha value is -5.06. The number of anilines is 6. The van der Waals surface area contributed by atoms with Crippen molar-refractivity contribution in [2.75, 3.05) is 9.80 Å². The minimum atomic E-state index is -0.0865. The third-order valence-electron chi connectivity index (χ3n) is 15.5. The molecule has 324 valence electrons. The van der Waals surface area contributed by atoms with Crippen LogP contribution in [0, 0.1) is 0 Å². The lowest BCUT2D eigenvalue weighted by molar-refractivity contribution is 0.353. The third kappa shape index (κ3) is 6.24. The van der Waals surface area contributed by atoms with Crippen molar-refractivity contribution < 1.29 is 0 Å². The third-order valence-corrected chi connectivity index (χ3v) is 16.7. The number of fused-ring (bicyclic) bond motifs is 11. The first-order valence-electron chi connectivity index (χ1n) is 24.1. The number of hydrogen-bond acceptors (Lipinski definition) is 3. The monoisotopic (exact) mass is 856 g/mol. The Bertz CT molecular complexity index is 3010. The van der Waals surface area contributed by atoms with Gasteiger partial charge in [0.15, 0.2) is 0 Å². The Morgan fingerprint density at radius 3 is 1.62 bits per heavy atom. The highest BCUT2D eigenvalue weighted by atomic mass is 32.1. The van der Waals surface area contributed by atoms with Crippen molar-refractivity contribution >= 4 is 78.0 Å². The molecule has 2 aliphatic heterocycles. The molecule has 0 radical (unpaired) electrons. The number of rotatable bonds is 2. The van der Waals surface area contributed by atoms with Gasteiger partial charge in [0, 0.05) is 48.7 Å². The summed E-state index contributed by atoms with van der Waals surface area (Å²) in [7, 11) is 0. The fourth-order valence-electron chi connectivity index (χ4n) is 11.8. The highest BCUT2D eigenvalue weighted by Gasteiger charge is 2.48. The molecule has 4 heteroatoms. The molecular formula is C60H65BN2S. The summed E-state index contributed by atoms with van der Waals surface area (Å²) in [6, 6.07) is 46.3. The average molecular weight is 857 g/mol. The first-order valence-corrected chi connectivity index (χ1v) is 24.9. The maximum atomic E-state index is 2.69. The van der Waals surface area contributed by atoms with Crippen LogP contribution in [0.25, 0.3) is 21.2 Å². The van der Waals surface area contributed by atoms with Gasteiger partial charge < -0.3 is 9.80 Å². The van der Waals surface area contributed by atoms with Gasteiger partial charge in [0.05, 0.1) is 5.69 Å². The lowest BCUT2D eigenvalue weighted by Gasteiger charge is -2.44. The van der Waals surface area contributed by atoms with Gasteiger partial charge in [-0.15, -0.1) is 11.3 Å². The second-order valence-corrected chi connectivity index (χ2v) is 24.9. The molecule has 7 aromatic rings. The quantitative estimate of drug-likeness (QED) is 0.160. The minimum Gasteiger partial charge on any atom is -0.311 e. The molecule has 0 N–H and O–H groups in total. The molecule has 2 nitrogen and oxygen atoms in total. The topological polar surface area (TPSA) is 6.48 Å². The lowest BCUT2D eigenvalue weighted by atomic mass is 9.36. The van der Waals surface area contributed by atoms with Crippen molar-refractivity contribution in [3.8, 4) is 11.1 Å². The van der Waals surface area contributed by atoms with Gasteiger partial charge in [-0.3, -0.25) is 0 Å². The van der Waals surface area contributed by atoms with Crippen LogP contribution in [0.4, 0.5) is 34.1 Å². The molecule has 0 unspecified atom stereocenters. The van der Waals surface area contributed by atoms with Crippen molar-refractivity contribution in [2.45, 2.75) is 142 Å². The van der Waals surface area contributed by atoms with Crippen molar-refractivity contribution in [2.24, 2.45) is 0 Å². The SMILES string of the molecule is CC(C)(C)c1ccc(N2c3ccc(C(C)(C)C)cc3B3c4sc5cc6c(cc5c4N(c4ccc(C(C)(C)C)cc4)c4cc(C(C)(C)C)cc2c43)-c2ccccc2C62CCCCC2)cc1. The molecule has 2 aliphatic carbocycles. The second kappa shape index (κ2) is 14.0. The summed E-state index contributed by atoms with van der Waals surface area (Å²) >= 11 is 2.06. The van der Waals surface area contributed by atoms with E-state index in [0.29, 0.717) is 0 Å². The summed E-state index contributed by atoms with van der Waals surface area (Å²) < 4.78 is 2.87. The molecule has 11 rings (SSSR count). The summed E-state index contributed by atoms with van der Waals surface area (Å²) in [5.74, 6) is 0. The molecule has 1 fully saturated rings. The van der Waals surface area contributed by atoms with Crippen LogP contribution in [-0.4, -0.2) is 6.71 Å². The van der Waals surface area contributed by atoms with Crippen LogP contribution in [0.3, 0.4) is 0 Å². The van der Waals surface area contributed by atoms with E-state index in [2.05, 4.69) is 219 Å². The Morgan fingerprint density at radius 1 is 0.484 bits per heavy atom. The molecule has 1 aromatic heterocycles. The van der Waals surface area contributed by atoms with E-state index in [1.807, 2.05) is 0 Å². The van der Waals surface area contributed by atoms with Crippen LogP contribution < -0.4 is 25.5 Å². The summed E-state index contributed by atoms with van der Waals surface area (Å²) in [6.45, 7) is 28.2. The highest BCUT2D eigenvalue weighted by molar-refractivity contribution is 7.33. The smallest absolute Gasteiger partial charge is 0.264 e. The fraction of sp³-hybridized carbons (Fsp3) is 0.367. The summed E-state index contributed by atoms with van der Waals surface area (Å²) in [6.07, 6.45) is 6.41. The maximum Gasteiger partial charge on any atom is 0.264 e. The van der Waals surface area contributed by atoms with E-state index in [9.17, 15) is 0 Å². The molecule has 0 amide bonds. The van der Waals surface area contributed by atoms with E-state index in [4.69, 9.17) is 0 Å². The Balaban J connectivity index is 1.26. The highest BCUT2D eigenvalue weighted by Crippen LogP contribution is 2.58. The maximum absolute atomic E-state index is 2.69. The number of nitrogens with zero attached hydrogens (tertiary/aromatic N) is 2. The van der Waals surface area contributed by atoms with Crippen LogP contribution in [0.5, 0.6) is 0 Å². The summed E-state index contributed by atoms with van der Waals surface area (Å²) in [5.41, 5.74) is 22.1. The van der Waals surface area contributed by atoms with Gasteiger partial charge >= 0.3 is 0 Å². The zero-order chi connectivity index (χ0) is 44.9. The van der Waals surface area contributed by atoms with E-state index in [1.54, 1.807) is 11.1 Å². The van der Waals surface area contributed by atoms with Crippen molar-refractivity contribution in [1.29, 1.82) is 0 Å². The first kappa shape index (κ1) is 41.6. The molecule has 4 aliphatic rings. The molecular weight excluding hydrogens is 792 g/mol. The number of hydrogen-bond donors (Lipinski definition) is 0. The predicted octanol–water partition coefficient (Wildman–Crippen LogP) is 15.4.